The van der Waals surface area contributed by atoms with E-state index in [1.165, 1.54) is 5.69 Å². The van der Waals surface area contributed by atoms with E-state index in [-0.39, 0.29) is 0 Å². The van der Waals surface area contributed by atoms with Crippen molar-refractivity contribution in [2.75, 3.05) is 36.0 Å². The van der Waals surface area contributed by atoms with Gasteiger partial charge in [0.2, 0.25) is 0 Å². The molecule has 1 aromatic heterocycles. The third kappa shape index (κ3) is 3.36. The second kappa shape index (κ2) is 6.45. The molecule has 3 rings (SSSR count). The highest BCUT2D eigenvalue weighted by Gasteiger charge is 2.18. The van der Waals surface area contributed by atoms with Crippen LogP contribution in [0.1, 0.15) is 5.56 Å². The van der Waals surface area contributed by atoms with Gasteiger partial charge in [-0.15, -0.1) is 0 Å². The standard InChI is InChI=1S/C16H19BrN4/c17-14-9-13(12-18)10-15(11-14)20-5-7-21(8-6-20)16-3-1-2-4-19-16/h1-4,9-11H,5-8,12,18H2. The first-order valence-corrected chi connectivity index (χ1v) is 7.96. The number of anilines is 2. The van der Waals surface area contributed by atoms with Crippen LogP contribution < -0.4 is 15.5 Å². The van der Waals surface area contributed by atoms with Crippen LogP contribution in [0.15, 0.2) is 47.1 Å². The maximum absolute atomic E-state index is 5.76. The van der Waals surface area contributed by atoms with E-state index in [9.17, 15) is 0 Å². The SMILES string of the molecule is NCc1cc(Br)cc(N2CCN(c3ccccn3)CC2)c1. The molecule has 2 N–H and O–H groups in total. The fourth-order valence-electron chi connectivity index (χ4n) is 2.67. The van der Waals surface area contributed by atoms with Crippen molar-refractivity contribution in [3.63, 3.8) is 0 Å². The second-order valence-corrected chi connectivity index (χ2v) is 6.10. The van der Waals surface area contributed by atoms with Crippen LogP contribution in [0.25, 0.3) is 0 Å². The average molecular weight is 347 g/mol. The van der Waals surface area contributed by atoms with Gasteiger partial charge >= 0.3 is 0 Å². The lowest BCUT2D eigenvalue weighted by atomic mass is 10.1. The molecule has 21 heavy (non-hydrogen) atoms. The Morgan fingerprint density at radius 3 is 2.48 bits per heavy atom. The van der Waals surface area contributed by atoms with Crippen LogP contribution in [0.5, 0.6) is 0 Å². The van der Waals surface area contributed by atoms with Gasteiger partial charge in [0.05, 0.1) is 0 Å². The Balaban J connectivity index is 1.70. The van der Waals surface area contributed by atoms with Gasteiger partial charge in [-0.05, 0) is 35.9 Å². The number of rotatable bonds is 3. The summed E-state index contributed by atoms with van der Waals surface area (Å²) in [6, 6.07) is 12.5. The largest absolute Gasteiger partial charge is 0.368 e. The summed E-state index contributed by atoms with van der Waals surface area (Å²) in [6.45, 7) is 4.54. The fraction of sp³-hybridized carbons (Fsp3) is 0.312. The van der Waals surface area contributed by atoms with Crippen molar-refractivity contribution in [3.05, 3.63) is 52.6 Å². The second-order valence-electron chi connectivity index (χ2n) is 5.18. The molecule has 0 unspecified atom stereocenters. The molecule has 0 amide bonds. The minimum absolute atomic E-state index is 0.570. The summed E-state index contributed by atoms with van der Waals surface area (Å²) in [7, 11) is 0. The number of nitrogens with two attached hydrogens (primary N) is 1. The molecule has 1 saturated heterocycles. The topological polar surface area (TPSA) is 45.4 Å². The van der Waals surface area contributed by atoms with Gasteiger partial charge in [0, 0.05) is 49.1 Å². The smallest absolute Gasteiger partial charge is 0.128 e. The first-order chi connectivity index (χ1) is 10.3. The van der Waals surface area contributed by atoms with Gasteiger partial charge in [-0.1, -0.05) is 22.0 Å². The molecular formula is C16H19BrN4. The molecule has 0 bridgehead atoms. The van der Waals surface area contributed by atoms with Gasteiger partial charge in [-0.25, -0.2) is 4.98 Å². The Labute approximate surface area is 133 Å². The first-order valence-electron chi connectivity index (χ1n) is 7.17. The van der Waals surface area contributed by atoms with E-state index in [1.807, 2.05) is 18.3 Å². The van der Waals surface area contributed by atoms with Crippen LogP contribution in [0.3, 0.4) is 0 Å². The number of hydrogen-bond donors (Lipinski definition) is 1. The predicted octanol–water partition coefficient (Wildman–Crippen LogP) is 2.63. The molecule has 1 aliphatic heterocycles. The molecule has 110 valence electrons. The number of hydrogen-bond acceptors (Lipinski definition) is 4. The summed E-state index contributed by atoms with van der Waals surface area (Å²) in [5, 5.41) is 0. The fourth-order valence-corrected chi connectivity index (χ4v) is 3.20. The van der Waals surface area contributed by atoms with Crippen molar-refractivity contribution < 1.29 is 0 Å². The summed E-state index contributed by atoms with van der Waals surface area (Å²) < 4.78 is 1.09. The lowest BCUT2D eigenvalue weighted by molar-refractivity contribution is 0.647. The molecule has 0 aliphatic carbocycles. The van der Waals surface area contributed by atoms with E-state index in [4.69, 9.17) is 5.73 Å². The lowest BCUT2D eigenvalue weighted by Gasteiger charge is -2.37. The number of nitrogens with zero attached hydrogens (tertiary/aromatic N) is 3. The predicted molar refractivity (Wildman–Crippen MR) is 90.7 cm³/mol. The quantitative estimate of drug-likeness (QED) is 0.927. The van der Waals surface area contributed by atoms with E-state index in [1.54, 1.807) is 0 Å². The molecule has 5 heteroatoms. The highest BCUT2D eigenvalue weighted by molar-refractivity contribution is 9.10. The number of halogens is 1. The average Bonchev–Trinajstić information content (AvgIpc) is 2.55. The van der Waals surface area contributed by atoms with Crippen LogP contribution in [0, 0.1) is 0 Å². The van der Waals surface area contributed by atoms with E-state index in [2.05, 4.69) is 55.0 Å². The normalized spacial score (nSPS) is 15.3. The molecule has 1 aliphatic rings. The number of benzene rings is 1. The number of pyridine rings is 1. The van der Waals surface area contributed by atoms with Gasteiger partial charge in [-0.2, -0.15) is 0 Å². The maximum Gasteiger partial charge on any atom is 0.128 e. The van der Waals surface area contributed by atoms with Crippen molar-refractivity contribution >= 4 is 27.4 Å². The molecule has 0 spiro atoms. The molecule has 1 fully saturated rings. The Bertz CT molecular complexity index is 594. The molecule has 0 atom stereocenters. The van der Waals surface area contributed by atoms with Crippen LogP contribution in [-0.2, 0) is 6.54 Å². The van der Waals surface area contributed by atoms with Crippen molar-refractivity contribution in [2.24, 2.45) is 5.73 Å². The van der Waals surface area contributed by atoms with Crippen LogP contribution >= 0.6 is 15.9 Å². The van der Waals surface area contributed by atoms with E-state index >= 15 is 0 Å². The van der Waals surface area contributed by atoms with Gasteiger partial charge in [-0.3, -0.25) is 0 Å². The van der Waals surface area contributed by atoms with Gasteiger partial charge < -0.3 is 15.5 Å². The monoisotopic (exact) mass is 346 g/mol. The zero-order chi connectivity index (χ0) is 14.7. The van der Waals surface area contributed by atoms with Crippen LogP contribution in [0.2, 0.25) is 0 Å². The van der Waals surface area contributed by atoms with Crippen molar-refractivity contribution in [1.82, 2.24) is 4.98 Å². The van der Waals surface area contributed by atoms with Crippen molar-refractivity contribution in [3.8, 4) is 0 Å². The molecule has 4 nitrogen and oxygen atoms in total. The third-order valence-corrected chi connectivity index (χ3v) is 4.25. The minimum atomic E-state index is 0.570. The highest BCUT2D eigenvalue weighted by Crippen LogP contribution is 2.24. The van der Waals surface area contributed by atoms with Crippen molar-refractivity contribution in [1.29, 1.82) is 0 Å². The molecule has 0 saturated carbocycles. The van der Waals surface area contributed by atoms with E-state index < -0.39 is 0 Å². The Kier molecular flexibility index (Phi) is 4.41. The summed E-state index contributed by atoms with van der Waals surface area (Å²) >= 11 is 3.57. The summed E-state index contributed by atoms with van der Waals surface area (Å²) in [6.07, 6.45) is 1.85. The van der Waals surface area contributed by atoms with Crippen LogP contribution in [-0.4, -0.2) is 31.2 Å². The first kappa shape index (κ1) is 14.4. The molecule has 0 radical (unpaired) electrons. The molecule has 2 heterocycles. The summed E-state index contributed by atoms with van der Waals surface area (Å²) in [5.41, 5.74) is 8.16. The molecule has 1 aromatic carbocycles. The Hall–Kier alpha value is -1.59. The Morgan fingerprint density at radius 1 is 1.05 bits per heavy atom. The lowest BCUT2D eigenvalue weighted by Crippen LogP contribution is -2.46. The van der Waals surface area contributed by atoms with Crippen molar-refractivity contribution in [2.45, 2.75) is 6.54 Å². The van der Waals surface area contributed by atoms with Gasteiger partial charge in [0.1, 0.15) is 5.82 Å². The molecule has 2 aromatic rings. The highest BCUT2D eigenvalue weighted by atomic mass is 79.9. The summed E-state index contributed by atoms with van der Waals surface area (Å²) in [4.78, 5) is 9.16. The van der Waals surface area contributed by atoms with E-state index in [0.717, 1.165) is 42.0 Å². The van der Waals surface area contributed by atoms with Crippen LogP contribution in [0.4, 0.5) is 11.5 Å². The maximum atomic E-state index is 5.76. The van der Waals surface area contributed by atoms with E-state index in [0.29, 0.717) is 6.54 Å². The minimum Gasteiger partial charge on any atom is -0.368 e. The zero-order valence-corrected chi connectivity index (χ0v) is 13.5. The van der Waals surface area contributed by atoms with Gasteiger partial charge in [0.15, 0.2) is 0 Å². The Morgan fingerprint density at radius 2 is 1.81 bits per heavy atom. The third-order valence-electron chi connectivity index (χ3n) is 3.80. The summed E-state index contributed by atoms with van der Waals surface area (Å²) in [5.74, 6) is 1.06. The number of piperazine rings is 1. The molecular weight excluding hydrogens is 328 g/mol. The number of aromatic nitrogens is 1. The zero-order valence-electron chi connectivity index (χ0n) is 11.9. The van der Waals surface area contributed by atoms with Gasteiger partial charge in [0.25, 0.3) is 0 Å².